The van der Waals surface area contributed by atoms with E-state index in [2.05, 4.69) is 17.6 Å². The van der Waals surface area contributed by atoms with E-state index < -0.39 is 0 Å². The van der Waals surface area contributed by atoms with E-state index in [1.165, 1.54) is 0 Å². The summed E-state index contributed by atoms with van der Waals surface area (Å²) in [6, 6.07) is 5.04. The van der Waals surface area contributed by atoms with Gasteiger partial charge >= 0.3 is 0 Å². The lowest BCUT2D eigenvalue weighted by molar-refractivity contribution is -0.120. The highest BCUT2D eigenvalue weighted by molar-refractivity contribution is 6.35. The molecule has 1 aromatic carbocycles. The van der Waals surface area contributed by atoms with Crippen molar-refractivity contribution < 1.29 is 9.53 Å². The minimum Gasteiger partial charge on any atom is -0.379 e. The second-order valence-corrected chi connectivity index (χ2v) is 5.66. The molecule has 20 heavy (non-hydrogen) atoms. The zero-order valence-electron chi connectivity index (χ0n) is 11.3. The molecule has 0 radical (unpaired) electrons. The van der Waals surface area contributed by atoms with Crippen molar-refractivity contribution in [3.63, 3.8) is 0 Å². The zero-order chi connectivity index (χ0) is 14.5. The molecule has 1 heterocycles. The fourth-order valence-electron chi connectivity index (χ4n) is 2.16. The number of amides is 1. The molecular weight excluding hydrogens is 299 g/mol. The molecule has 0 aromatic heterocycles. The molecule has 2 rings (SSSR count). The van der Waals surface area contributed by atoms with Crippen molar-refractivity contribution in [3.05, 3.63) is 28.2 Å². The summed E-state index contributed by atoms with van der Waals surface area (Å²) < 4.78 is 5.40. The van der Waals surface area contributed by atoms with E-state index in [4.69, 9.17) is 27.9 Å². The maximum atomic E-state index is 12.3. The molecule has 6 heteroatoms. The van der Waals surface area contributed by atoms with Gasteiger partial charge in [-0.15, -0.1) is 0 Å². The largest absolute Gasteiger partial charge is 0.379 e. The van der Waals surface area contributed by atoms with Crippen LogP contribution in [0.1, 0.15) is 13.3 Å². The Bertz CT molecular complexity index is 482. The van der Waals surface area contributed by atoms with Gasteiger partial charge in [0.15, 0.2) is 0 Å². The molecule has 0 spiro atoms. The summed E-state index contributed by atoms with van der Waals surface area (Å²) in [4.78, 5) is 12.3. The van der Waals surface area contributed by atoms with Gasteiger partial charge in [0.1, 0.15) is 0 Å². The summed E-state index contributed by atoms with van der Waals surface area (Å²) in [5, 5.41) is 7.16. The average Bonchev–Trinajstić information content (AvgIpc) is 2.89. The second-order valence-electron chi connectivity index (χ2n) is 4.82. The molecule has 0 aliphatic carbocycles. The van der Waals surface area contributed by atoms with Crippen LogP contribution in [0.2, 0.25) is 10.0 Å². The summed E-state index contributed by atoms with van der Waals surface area (Å²) >= 11 is 12.0. The van der Waals surface area contributed by atoms with Gasteiger partial charge in [0.05, 0.1) is 29.8 Å². The number of carbonyl (C=O) groups is 1. The van der Waals surface area contributed by atoms with E-state index in [1.807, 2.05) is 0 Å². The molecule has 1 saturated heterocycles. The first-order valence-electron chi connectivity index (χ1n) is 6.69. The topological polar surface area (TPSA) is 50.4 Å². The van der Waals surface area contributed by atoms with Crippen LogP contribution in [-0.2, 0) is 9.53 Å². The van der Waals surface area contributed by atoms with Crippen LogP contribution in [0.15, 0.2) is 18.2 Å². The normalized spacial score (nSPS) is 21.9. The third kappa shape index (κ3) is 3.85. The summed E-state index contributed by atoms with van der Waals surface area (Å²) in [6.45, 7) is 3.94. The maximum absolute atomic E-state index is 12.3. The molecular formula is C14H18Cl2N2O2. The van der Waals surface area contributed by atoms with Crippen LogP contribution in [-0.4, -0.2) is 31.7 Å². The van der Waals surface area contributed by atoms with Crippen molar-refractivity contribution in [1.29, 1.82) is 0 Å². The lowest BCUT2D eigenvalue weighted by Gasteiger charge is -2.18. The van der Waals surface area contributed by atoms with Gasteiger partial charge in [-0.05, 0) is 31.2 Å². The number of halogens is 2. The van der Waals surface area contributed by atoms with E-state index in [0.717, 1.165) is 13.0 Å². The van der Waals surface area contributed by atoms with Gasteiger partial charge in [-0.2, -0.15) is 0 Å². The molecule has 1 amide bonds. The molecule has 1 aliphatic rings. The Labute approximate surface area is 128 Å². The number of benzene rings is 1. The van der Waals surface area contributed by atoms with Gasteiger partial charge in [-0.1, -0.05) is 30.1 Å². The van der Waals surface area contributed by atoms with Gasteiger partial charge < -0.3 is 15.4 Å². The van der Waals surface area contributed by atoms with Crippen LogP contribution in [0.4, 0.5) is 5.69 Å². The smallest absolute Gasteiger partial charge is 0.231 e. The second kappa shape index (κ2) is 7.27. The number of hydrogen-bond donors (Lipinski definition) is 2. The Kier molecular flexibility index (Phi) is 5.66. The zero-order valence-corrected chi connectivity index (χ0v) is 12.8. The van der Waals surface area contributed by atoms with Crippen LogP contribution in [0.5, 0.6) is 0 Å². The first-order valence-corrected chi connectivity index (χ1v) is 7.44. The Balaban J connectivity index is 2.01. The van der Waals surface area contributed by atoms with Crippen LogP contribution < -0.4 is 10.6 Å². The van der Waals surface area contributed by atoms with Gasteiger partial charge in [0, 0.05) is 11.1 Å². The van der Waals surface area contributed by atoms with Crippen molar-refractivity contribution in [2.24, 2.45) is 5.92 Å². The van der Waals surface area contributed by atoms with E-state index >= 15 is 0 Å². The number of rotatable bonds is 5. The fourth-order valence-corrected chi connectivity index (χ4v) is 2.50. The van der Waals surface area contributed by atoms with E-state index in [-0.39, 0.29) is 17.9 Å². The molecule has 2 N–H and O–H groups in total. The standard InChI is InChI=1S/C14H18Cl2N2O2/c1-2-5-17-13-8-20-7-10(13)14(19)18-12-6-9(15)3-4-11(12)16/h3-4,6,10,13,17H,2,5,7-8H2,1H3,(H,18,19). The summed E-state index contributed by atoms with van der Waals surface area (Å²) in [6.07, 6.45) is 1.02. The molecule has 0 saturated carbocycles. The van der Waals surface area contributed by atoms with Crippen LogP contribution in [0.3, 0.4) is 0 Å². The van der Waals surface area contributed by atoms with E-state index in [1.54, 1.807) is 18.2 Å². The lowest BCUT2D eigenvalue weighted by atomic mass is 10.0. The van der Waals surface area contributed by atoms with E-state index in [9.17, 15) is 4.79 Å². The molecule has 2 atom stereocenters. The van der Waals surface area contributed by atoms with Gasteiger partial charge in [-0.25, -0.2) is 0 Å². The lowest BCUT2D eigenvalue weighted by Crippen LogP contribution is -2.41. The maximum Gasteiger partial charge on any atom is 0.231 e. The Morgan fingerprint density at radius 1 is 1.40 bits per heavy atom. The van der Waals surface area contributed by atoms with Crippen molar-refractivity contribution in [3.8, 4) is 0 Å². The summed E-state index contributed by atoms with van der Waals surface area (Å²) in [5.41, 5.74) is 0.533. The van der Waals surface area contributed by atoms with Crippen molar-refractivity contribution in [1.82, 2.24) is 5.32 Å². The van der Waals surface area contributed by atoms with Crippen molar-refractivity contribution in [2.75, 3.05) is 25.1 Å². The molecule has 2 unspecified atom stereocenters. The quantitative estimate of drug-likeness (QED) is 0.878. The predicted octanol–water partition coefficient (Wildman–Crippen LogP) is 2.95. The monoisotopic (exact) mass is 316 g/mol. The van der Waals surface area contributed by atoms with Crippen LogP contribution in [0, 0.1) is 5.92 Å². The number of hydrogen-bond acceptors (Lipinski definition) is 3. The molecule has 4 nitrogen and oxygen atoms in total. The molecule has 1 fully saturated rings. The van der Waals surface area contributed by atoms with E-state index in [0.29, 0.717) is 28.9 Å². The molecule has 110 valence electrons. The predicted molar refractivity (Wildman–Crippen MR) is 81.5 cm³/mol. The summed E-state index contributed by atoms with van der Waals surface area (Å²) in [5.74, 6) is -0.308. The van der Waals surface area contributed by atoms with Gasteiger partial charge in [0.25, 0.3) is 0 Å². The minimum atomic E-state index is -0.211. The number of ether oxygens (including phenoxy) is 1. The first kappa shape index (κ1) is 15.6. The van der Waals surface area contributed by atoms with Crippen molar-refractivity contribution >= 4 is 34.8 Å². The Morgan fingerprint density at radius 3 is 2.95 bits per heavy atom. The third-order valence-electron chi connectivity index (χ3n) is 3.26. The Hall–Kier alpha value is -0.810. The third-order valence-corrected chi connectivity index (χ3v) is 3.82. The number of anilines is 1. The SMILES string of the molecule is CCCNC1COCC1C(=O)Nc1cc(Cl)ccc1Cl. The van der Waals surface area contributed by atoms with Crippen molar-refractivity contribution in [2.45, 2.75) is 19.4 Å². The first-order chi connectivity index (χ1) is 9.61. The van der Waals surface area contributed by atoms with Gasteiger partial charge in [-0.3, -0.25) is 4.79 Å². The highest BCUT2D eigenvalue weighted by Crippen LogP contribution is 2.26. The molecule has 0 bridgehead atoms. The number of nitrogens with one attached hydrogen (secondary N) is 2. The van der Waals surface area contributed by atoms with Crippen LogP contribution in [0.25, 0.3) is 0 Å². The molecule has 1 aliphatic heterocycles. The number of carbonyl (C=O) groups excluding carboxylic acids is 1. The summed E-state index contributed by atoms with van der Waals surface area (Å²) in [7, 11) is 0. The fraction of sp³-hybridized carbons (Fsp3) is 0.500. The highest BCUT2D eigenvalue weighted by Gasteiger charge is 2.33. The highest BCUT2D eigenvalue weighted by atomic mass is 35.5. The molecule has 1 aromatic rings. The van der Waals surface area contributed by atoms with Crippen LogP contribution >= 0.6 is 23.2 Å². The Morgan fingerprint density at radius 2 is 2.20 bits per heavy atom. The minimum absolute atomic E-state index is 0.0490. The van der Waals surface area contributed by atoms with Gasteiger partial charge in [0.2, 0.25) is 5.91 Å². The average molecular weight is 317 g/mol.